The monoisotopic (exact) mass is 1060 g/mol. The lowest BCUT2D eigenvalue weighted by atomic mass is 10.2. The molecule has 0 spiro atoms. The van der Waals surface area contributed by atoms with Crippen molar-refractivity contribution in [2.24, 2.45) is 0 Å². The zero-order valence-electron chi connectivity index (χ0n) is 31.6. The summed E-state index contributed by atoms with van der Waals surface area (Å²) in [6.07, 6.45) is -15.1. The first-order chi connectivity index (χ1) is 29.8. The summed E-state index contributed by atoms with van der Waals surface area (Å²) in [5, 5.41) is 22.5. The van der Waals surface area contributed by atoms with E-state index in [9.17, 15) is 81.2 Å². The van der Waals surface area contributed by atoms with Gasteiger partial charge in [0.2, 0.25) is 0 Å². The third-order valence-electron chi connectivity index (χ3n) is 8.05. The van der Waals surface area contributed by atoms with E-state index in [0.29, 0.717) is 14.1 Å². The SMILES string of the molecule is COC(COC(=O)N(C)c1c(S(=O)C(F)(F)F)c(C#N)nn1-c1c(Cl)cc(C(F)(F)F)cc1Cl)COC(=O)N(C)c1c(S(=O)C(F)(F)F)c(C#N)nn1-c1c(Cl)cc(C(F)(F)F)cc1Cl. The van der Waals surface area contributed by atoms with Crippen LogP contribution in [0.3, 0.4) is 0 Å². The molecule has 2 heterocycles. The number of anilines is 2. The molecule has 352 valence electrons. The summed E-state index contributed by atoms with van der Waals surface area (Å²) in [4.78, 5) is 24.0. The number of amides is 2. The fourth-order valence-electron chi connectivity index (χ4n) is 5.15. The van der Waals surface area contributed by atoms with Crippen LogP contribution >= 0.6 is 46.4 Å². The van der Waals surface area contributed by atoms with E-state index < -0.39 is 152 Å². The molecule has 2 amide bonds. The predicted octanol–water partition coefficient (Wildman–Crippen LogP) is 9.57. The average Bonchev–Trinajstić information content (AvgIpc) is 3.76. The number of aromatic nitrogens is 4. The van der Waals surface area contributed by atoms with Crippen LogP contribution < -0.4 is 9.80 Å². The normalized spacial score (nSPS) is 13.7. The molecular formula is C32H18Cl4F12N8O7S2. The van der Waals surface area contributed by atoms with Gasteiger partial charge in [0.1, 0.15) is 52.6 Å². The average molecular weight is 1060 g/mol. The molecule has 2 aromatic heterocycles. The van der Waals surface area contributed by atoms with E-state index in [1.165, 1.54) is 12.1 Å². The number of hydrogen-bond donors (Lipinski definition) is 0. The van der Waals surface area contributed by atoms with Crippen LogP contribution in [0.2, 0.25) is 20.1 Å². The number of halogens is 16. The lowest BCUT2D eigenvalue weighted by molar-refractivity contribution is -0.138. The molecule has 33 heteroatoms. The predicted molar refractivity (Wildman–Crippen MR) is 202 cm³/mol. The van der Waals surface area contributed by atoms with Crippen molar-refractivity contribution in [1.82, 2.24) is 19.6 Å². The summed E-state index contributed by atoms with van der Waals surface area (Å²) in [6, 6.07) is 3.51. The Morgan fingerprint density at radius 2 is 0.954 bits per heavy atom. The van der Waals surface area contributed by atoms with Gasteiger partial charge in [-0.15, -0.1) is 0 Å². The highest BCUT2D eigenvalue weighted by Crippen LogP contribution is 2.44. The number of alkyl halides is 12. The molecule has 15 nitrogen and oxygen atoms in total. The Kier molecular flexibility index (Phi) is 15.7. The maximum Gasteiger partial charge on any atom is 0.476 e. The Hall–Kier alpha value is -5.04. The fraction of sp³-hybridized carbons (Fsp3) is 0.312. The molecule has 4 rings (SSSR count). The van der Waals surface area contributed by atoms with Crippen LogP contribution in [0.25, 0.3) is 11.4 Å². The van der Waals surface area contributed by atoms with Crippen molar-refractivity contribution in [1.29, 1.82) is 10.5 Å². The quantitative estimate of drug-likeness (QED) is 0.130. The molecular weight excluding hydrogens is 1040 g/mol. The van der Waals surface area contributed by atoms with Gasteiger partial charge in [-0.25, -0.2) is 27.4 Å². The van der Waals surface area contributed by atoms with Gasteiger partial charge in [0.05, 0.1) is 31.2 Å². The molecule has 0 saturated heterocycles. The van der Waals surface area contributed by atoms with E-state index in [2.05, 4.69) is 10.2 Å². The largest absolute Gasteiger partial charge is 0.476 e. The Morgan fingerprint density at radius 1 is 0.662 bits per heavy atom. The Bertz CT molecular complexity index is 2460. The molecule has 0 N–H and O–H groups in total. The highest BCUT2D eigenvalue weighted by atomic mass is 35.5. The highest BCUT2D eigenvalue weighted by molar-refractivity contribution is 7.86. The first-order valence-electron chi connectivity index (χ1n) is 16.3. The Balaban J connectivity index is 1.69. The van der Waals surface area contributed by atoms with Gasteiger partial charge in [0.15, 0.2) is 44.6 Å². The van der Waals surface area contributed by atoms with Crippen molar-refractivity contribution in [3.8, 4) is 23.5 Å². The lowest BCUT2D eigenvalue weighted by Gasteiger charge is -2.24. The maximum atomic E-state index is 13.8. The molecule has 65 heavy (non-hydrogen) atoms. The van der Waals surface area contributed by atoms with Crippen molar-refractivity contribution >= 4 is 91.8 Å². The van der Waals surface area contributed by atoms with Gasteiger partial charge in [-0.1, -0.05) is 46.4 Å². The summed E-state index contributed by atoms with van der Waals surface area (Å²) in [5.74, 6) is -2.44. The smallest absolute Gasteiger partial charge is 0.446 e. The van der Waals surface area contributed by atoms with Gasteiger partial charge >= 0.3 is 35.6 Å². The van der Waals surface area contributed by atoms with Crippen LogP contribution in [0.1, 0.15) is 22.5 Å². The van der Waals surface area contributed by atoms with Crippen molar-refractivity contribution in [3.63, 3.8) is 0 Å². The number of nitriles is 2. The van der Waals surface area contributed by atoms with E-state index in [-0.39, 0.29) is 43.4 Å². The third-order valence-corrected chi connectivity index (χ3v) is 11.5. The van der Waals surface area contributed by atoms with Gasteiger partial charge < -0.3 is 14.2 Å². The van der Waals surface area contributed by atoms with Crippen molar-refractivity contribution in [3.05, 3.63) is 66.9 Å². The molecule has 0 bridgehead atoms. The van der Waals surface area contributed by atoms with E-state index in [4.69, 9.17) is 60.6 Å². The number of carbonyl (C=O) groups excluding carboxylic acids is 2. The van der Waals surface area contributed by atoms with Crippen LogP contribution in [0, 0.1) is 22.7 Å². The second-order valence-electron chi connectivity index (χ2n) is 12.2. The second kappa shape index (κ2) is 19.4. The molecule has 0 saturated carbocycles. The highest BCUT2D eigenvalue weighted by Gasteiger charge is 2.46. The number of rotatable bonds is 11. The Morgan fingerprint density at radius 3 is 1.18 bits per heavy atom. The minimum atomic E-state index is -5.66. The first kappa shape index (κ1) is 52.6. The van der Waals surface area contributed by atoms with Gasteiger partial charge in [0, 0.05) is 21.2 Å². The second-order valence-corrected chi connectivity index (χ2v) is 16.6. The zero-order valence-corrected chi connectivity index (χ0v) is 36.3. The molecule has 2 aromatic carbocycles. The molecule has 2 unspecified atom stereocenters. The van der Waals surface area contributed by atoms with Crippen molar-refractivity contribution < 1.29 is 84.9 Å². The van der Waals surface area contributed by atoms with Gasteiger partial charge in [-0.3, -0.25) is 9.80 Å². The molecule has 4 aromatic rings. The van der Waals surface area contributed by atoms with Crippen LogP contribution in [-0.2, 0) is 48.2 Å². The number of ether oxygens (including phenoxy) is 3. The zero-order chi connectivity index (χ0) is 49.5. The number of methoxy groups -OCH3 is 1. The van der Waals surface area contributed by atoms with Crippen LogP contribution in [-0.4, -0.2) is 91.7 Å². The minimum absolute atomic E-state index is 0.150. The van der Waals surface area contributed by atoms with Crippen LogP contribution in [0.4, 0.5) is 73.9 Å². The third kappa shape index (κ3) is 11.2. The van der Waals surface area contributed by atoms with Gasteiger partial charge in [-0.05, 0) is 24.3 Å². The minimum Gasteiger partial charge on any atom is -0.446 e. The van der Waals surface area contributed by atoms with Crippen molar-refractivity contribution in [2.75, 3.05) is 44.2 Å². The summed E-state index contributed by atoms with van der Waals surface area (Å²) < 4.78 is 205. The summed E-state index contributed by atoms with van der Waals surface area (Å²) in [6.45, 7) is -2.10. The van der Waals surface area contributed by atoms with E-state index >= 15 is 0 Å². The maximum absolute atomic E-state index is 13.8. The topological polar surface area (TPSA) is 186 Å². The number of carbonyl (C=O) groups is 2. The van der Waals surface area contributed by atoms with E-state index in [1.54, 1.807) is 0 Å². The first-order valence-corrected chi connectivity index (χ1v) is 20.1. The van der Waals surface area contributed by atoms with E-state index in [0.717, 1.165) is 7.11 Å². The van der Waals surface area contributed by atoms with Crippen LogP contribution in [0.5, 0.6) is 0 Å². The standard InChI is InChI=1S/C32H18Cl4F12N8O7S2/c1-53(25-23(64(59)31(43,44)45)19(8-49)51-55(25)21-15(33)4-12(5-16(21)34)29(37,38)39)27(57)62-10-14(61-3)11-63-28(58)54(2)26-24(65(60)32(46,47)48)20(9-50)52-56(26)22-17(35)6-13(7-18(22)36)30(40,41)42/h4-7,14H,10-11H2,1-3H3. The molecule has 2 atom stereocenters. The summed E-state index contributed by atoms with van der Waals surface area (Å²) >= 11 is 24.1. The Labute approximate surface area is 379 Å². The van der Waals surface area contributed by atoms with Gasteiger partial charge in [0.25, 0.3) is 0 Å². The summed E-state index contributed by atoms with van der Waals surface area (Å²) in [5.41, 5.74) is -18.4. The lowest BCUT2D eigenvalue weighted by Crippen LogP contribution is -2.36. The van der Waals surface area contributed by atoms with E-state index in [1.807, 2.05) is 0 Å². The number of hydrogen-bond acceptors (Lipinski definition) is 11. The van der Waals surface area contributed by atoms with Crippen LogP contribution in [0.15, 0.2) is 34.1 Å². The molecule has 0 radical (unpaired) electrons. The number of nitrogens with zero attached hydrogens (tertiary/aromatic N) is 8. The number of benzene rings is 2. The van der Waals surface area contributed by atoms with Crippen molar-refractivity contribution in [2.45, 2.75) is 39.3 Å². The molecule has 0 aliphatic carbocycles. The van der Waals surface area contributed by atoms with Gasteiger partial charge in [-0.2, -0.15) is 73.4 Å². The summed E-state index contributed by atoms with van der Waals surface area (Å²) in [7, 11) is -6.16. The molecule has 0 aliphatic heterocycles. The molecule has 0 fully saturated rings. The fourth-order valence-corrected chi connectivity index (χ4v) is 8.21. The molecule has 0 aliphatic rings.